The molecule has 0 spiro atoms. The van der Waals surface area contributed by atoms with Crippen LogP contribution in [0.5, 0.6) is 5.75 Å². The molecular formula is C16H23N3O3. The SMILES string of the molecule is CN(CC(=O)N1CCNCC1)C(=O)CCOc1ccccc1. The number of piperazine rings is 1. The smallest absolute Gasteiger partial charge is 0.242 e. The number of carbonyl (C=O) groups is 2. The zero-order valence-electron chi connectivity index (χ0n) is 13.0. The first kappa shape index (κ1) is 16.3. The lowest BCUT2D eigenvalue weighted by Gasteiger charge is -2.29. The van der Waals surface area contributed by atoms with Gasteiger partial charge in [0.1, 0.15) is 5.75 Å². The van der Waals surface area contributed by atoms with E-state index in [-0.39, 0.29) is 24.8 Å². The molecule has 22 heavy (non-hydrogen) atoms. The van der Waals surface area contributed by atoms with E-state index in [2.05, 4.69) is 5.32 Å². The first-order valence-corrected chi connectivity index (χ1v) is 7.57. The molecule has 1 saturated heterocycles. The highest BCUT2D eigenvalue weighted by molar-refractivity contribution is 5.84. The number of nitrogens with zero attached hydrogens (tertiary/aromatic N) is 2. The Hall–Kier alpha value is -2.08. The monoisotopic (exact) mass is 305 g/mol. The minimum atomic E-state index is -0.0839. The third kappa shape index (κ3) is 5.04. The Morgan fingerprint density at radius 1 is 1.23 bits per heavy atom. The molecule has 2 amide bonds. The van der Waals surface area contributed by atoms with Crippen LogP contribution in [0.3, 0.4) is 0 Å². The van der Waals surface area contributed by atoms with Crippen molar-refractivity contribution in [1.29, 1.82) is 0 Å². The number of likely N-dealkylation sites (N-methyl/N-ethyl adjacent to an activating group) is 1. The lowest BCUT2D eigenvalue weighted by molar-refractivity contribution is -0.140. The van der Waals surface area contributed by atoms with Crippen LogP contribution in [0, 0.1) is 0 Å². The van der Waals surface area contributed by atoms with Gasteiger partial charge in [0.25, 0.3) is 0 Å². The first-order valence-electron chi connectivity index (χ1n) is 7.57. The number of benzene rings is 1. The second-order valence-electron chi connectivity index (χ2n) is 5.29. The average molecular weight is 305 g/mol. The Labute approximate surface area is 131 Å². The van der Waals surface area contributed by atoms with E-state index in [4.69, 9.17) is 4.74 Å². The van der Waals surface area contributed by atoms with Gasteiger partial charge in [-0.15, -0.1) is 0 Å². The lowest BCUT2D eigenvalue weighted by atomic mass is 10.3. The van der Waals surface area contributed by atoms with Gasteiger partial charge in [0.05, 0.1) is 19.6 Å². The molecule has 1 fully saturated rings. The van der Waals surface area contributed by atoms with E-state index in [1.54, 1.807) is 11.9 Å². The average Bonchev–Trinajstić information content (AvgIpc) is 2.56. The molecule has 0 unspecified atom stereocenters. The molecule has 0 bridgehead atoms. The Kier molecular flexibility index (Phi) is 6.21. The van der Waals surface area contributed by atoms with E-state index < -0.39 is 0 Å². The summed E-state index contributed by atoms with van der Waals surface area (Å²) in [5, 5.41) is 3.20. The van der Waals surface area contributed by atoms with E-state index >= 15 is 0 Å². The summed E-state index contributed by atoms with van der Waals surface area (Å²) < 4.78 is 5.50. The number of nitrogens with one attached hydrogen (secondary N) is 1. The van der Waals surface area contributed by atoms with Gasteiger partial charge in [0.15, 0.2) is 0 Å². The molecule has 0 saturated carbocycles. The highest BCUT2D eigenvalue weighted by atomic mass is 16.5. The van der Waals surface area contributed by atoms with Gasteiger partial charge >= 0.3 is 0 Å². The molecule has 1 aromatic rings. The van der Waals surface area contributed by atoms with Crippen LogP contribution in [0.4, 0.5) is 0 Å². The maximum atomic E-state index is 12.1. The van der Waals surface area contributed by atoms with Gasteiger partial charge in [0.2, 0.25) is 11.8 Å². The number of rotatable bonds is 6. The quantitative estimate of drug-likeness (QED) is 0.823. The maximum Gasteiger partial charge on any atom is 0.242 e. The normalized spacial score (nSPS) is 14.5. The number of carbonyl (C=O) groups excluding carboxylic acids is 2. The van der Waals surface area contributed by atoms with Crippen LogP contribution in [0.15, 0.2) is 30.3 Å². The number of hydrogen-bond acceptors (Lipinski definition) is 4. The maximum absolute atomic E-state index is 12.1. The lowest BCUT2D eigenvalue weighted by Crippen LogP contribution is -2.49. The highest BCUT2D eigenvalue weighted by Crippen LogP contribution is 2.08. The van der Waals surface area contributed by atoms with Crippen molar-refractivity contribution in [2.24, 2.45) is 0 Å². The standard InChI is InChI=1S/C16H23N3O3/c1-18(13-16(21)19-10-8-17-9-11-19)15(20)7-12-22-14-5-3-2-4-6-14/h2-6,17H,7-13H2,1H3. The van der Waals surface area contributed by atoms with E-state index in [1.807, 2.05) is 30.3 Å². The fourth-order valence-electron chi connectivity index (χ4n) is 2.27. The van der Waals surface area contributed by atoms with Crippen molar-refractivity contribution >= 4 is 11.8 Å². The second-order valence-corrected chi connectivity index (χ2v) is 5.29. The Morgan fingerprint density at radius 2 is 1.91 bits per heavy atom. The van der Waals surface area contributed by atoms with Crippen molar-refractivity contribution in [3.05, 3.63) is 30.3 Å². The largest absolute Gasteiger partial charge is 0.493 e. The summed E-state index contributed by atoms with van der Waals surface area (Å²) in [5.41, 5.74) is 0. The molecule has 1 aromatic carbocycles. The Morgan fingerprint density at radius 3 is 2.59 bits per heavy atom. The summed E-state index contributed by atoms with van der Waals surface area (Å²) in [6.07, 6.45) is 0.264. The molecule has 2 rings (SSSR count). The van der Waals surface area contributed by atoms with Gasteiger partial charge in [0, 0.05) is 33.2 Å². The van der Waals surface area contributed by atoms with E-state index in [0.29, 0.717) is 19.7 Å². The summed E-state index contributed by atoms with van der Waals surface area (Å²) in [6.45, 7) is 3.48. The molecule has 1 N–H and O–H groups in total. The zero-order chi connectivity index (χ0) is 15.8. The molecule has 0 aromatic heterocycles. The van der Waals surface area contributed by atoms with Crippen molar-refractivity contribution in [3.8, 4) is 5.75 Å². The van der Waals surface area contributed by atoms with Crippen LogP contribution in [0.1, 0.15) is 6.42 Å². The van der Waals surface area contributed by atoms with Crippen LogP contribution in [0.2, 0.25) is 0 Å². The van der Waals surface area contributed by atoms with Crippen molar-refractivity contribution in [2.45, 2.75) is 6.42 Å². The van der Waals surface area contributed by atoms with E-state index in [1.165, 1.54) is 4.90 Å². The molecule has 6 heteroatoms. The van der Waals surface area contributed by atoms with Crippen molar-refractivity contribution in [2.75, 3.05) is 46.4 Å². The molecule has 0 radical (unpaired) electrons. The van der Waals surface area contributed by atoms with Crippen LogP contribution < -0.4 is 10.1 Å². The Balaban J connectivity index is 1.69. The van der Waals surface area contributed by atoms with Crippen LogP contribution >= 0.6 is 0 Å². The Bertz CT molecular complexity index is 487. The number of amides is 2. The predicted molar refractivity (Wildman–Crippen MR) is 83.6 cm³/mol. The summed E-state index contributed by atoms with van der Waals surface area (Å²) in [6, 6.07) is 9.38. The second kappa shape index (κ2) is 8.38. The zero-order valence-corrected chi connectivity index (χ0v) is 13.0. The minimum Gasteiger partial charge on any atom is -0.493 e. The topological polar surface area (TPSA) is 61.9 Å². The summed E-state index contributed by atoms with van der Waals surface area (Å²) in [4.78, 5) is 27.4. The molecule has 1 aliphatic heterocycles. The number of hydrogen-bond donors (Lipinski definition) is 1. The highest BCUT2D eigenvalue weighted by Gasteiger charge is 2.19. The summed E-state index contributed by atoms with van der Waals surface area (Å²) >= 11 is 0. The van der Waals surface area contributed by atoms with Crippen molar-refractivity contribution < 1.29 is 14.3 Å². The van der Waals surface area contributed by atoms with Gasteiger partial charge in [-0.25, -0.2) is 0 Å². The minimum absolute atomic E-state index is 0.00123. The molecule has 0 atom stereocenters. The number of ether oxygens (including phenoxy) is 1. The summed E-state index contributed by atoms with van der Waals surface area (Å²) in [7, 11) is 1.66. The predicted octanol–water partition coefficient (Wildman–Crippen LogP) is 0.346. The third-order valence-corrected chi connectivity index (χ3v) is 3.60. The first-order chi connectivity index (χ1) is 10.7. The fourth-order valence-corrected chi connectivity index (χ4v) is 2.27. The molecule has 6 nitrogen and oxygen atoms in total. The number of para-hydroxylation sites is 1. The van der Waals surface area contributed by atoms with E-state index in [0.717, 1.165) is 18.8 Å². The summed E-state index contributed by atoms with van der Waals surface area (Å²) in [5.74, 6) is 0.663. The molecule has 1 heterocycles. The van der Waals surface area contributed by atoms with Crippen LogP contribution in [0.25, 0.3) is 0 Å². The van der Waals surface area contributed by atoms with E-state index in [9.17, 15) is 9.59 Å². The molecule has 1 aliphatic rings. The van der Waals surface area contributed by atoms with Gasteiger partial charge in [-0.3, -0.25) is 9.59 Å². The van der Waals surface area contributed by atoms with Gasteiger partial charge in [-0.1, -0.05) is 18.2 Å². The van der Waals surface area contributed by atoms with Gasteiger partial charge in [-0.05, 0) is 12.1 Å². The third-order valence-electron chi connectivity index (χ3n) is 3.60. The molecular weight excluding hydrogens is 282 g/mol. The molecule has 0 aliphatic carbocycles. The van der Waals surface area contributed by atoms with Crippen molar-refractivity contribution in [1.82, 2.24) is 15.1 Å². The van der Waals surface area contributed by atoms with Crippen LogP contribution in [-0.4, -0.2) is 68.0 Å². The fraction of sp³-hybridized carbons (Fsp3) is 0.500. The van der Waals surface area contributed by atoms with Crippen molar-refractivity contribution in [3.63, 3.8) is 0 Å². The van der Waals surface area contributed by atoms with Gasteiger partial charge in [-0.2, -0.15) is 0 Å². The van der Waals surface area contributed by atoms with Crippen LogP contribution in [-0.2, 0) is 9.59 Å². The van der Waals surface area contributed by atoms with Gasteiger partial charge < -0.3 is 19.9 Å². The molecule has 120 valence electrons.